The normalized spacial score (nSPS) is 11.6. The van der Waals surface area contributed by atoms with Crippen molar-refractivity contribution in [2.75, 3.05) is 17.8 Å². The lowest BCUT2D eigenvalue weighted by atomic mass is 10.0. The number of H-pyrrole nitrogens is 1. The summed E-state index contributed by atoms with van der Waals surface area (Å²) >= 11 is 0. The van der Waals surface area contributed by atoms with E-state index in [4.69, 9.17) is 0 Å². The number of benzene rings is 2. The lowest BCUT2D eigenvalue weighted by Gasteiger charge is -2.18. The molecule has 164 valence electrons. The maximum Gasteiger partial charge on any atom is 0.261 e. The van der Waals surface area contributed by atoms with Gasteiger partial charge in [0, 0.05) is 35.9 Å². The Morgan fingerprint density at radius 3 is 2.29 bits per heavy atom. The van der Waals surface area contributed by atoms with Gasteiger partial charge in [-0.25, -0.2) is 8.42 Å². The predicted octanol–water partition coefficient (Wildman–Crippen LogP) is 3.93. The van der Waals surface area contributed by atoms with Crippen LogP contribution in [0, 0.1) is 0 Å². The summed E-state index contributed by atoms with van der Waals surface area (Å²) in [6, 6.07) is 11.4. The van der Waals surface area contributed by atoms with Gasteiger partial charge >= 0.3 is 0 Å². The highest BCUT2D eigenvalue weighted by atomic mass is 32.2. The molecule has 0 bridgehead atoms. The number of anilines is 1. The summed E-state index contributed by atoms with van der Waals surface area (Å²) in [5.74, 6) is -0.0455. The van der Waals surface area contributed by atoms with E-state index in [2.05, 4.69) is 23.6 Å². The summed E-state index contributed by atoms with van der Waals surface area (Å²) in [7, 11) is -3.91. The molecule has 1 aromatic heterocycles. The third kappa shape index (κ3) is 4.64. The van der Waals surface area contributed by atoms with Crippen LogP contribution in [0.2, 0.25) is 0 Å². The summed E-state index contributed by atoms with van der Waals surface area (Å²) in [5.41, 5.74) is 1.49. The lowest BCUT2D eigenvalue weighted by Crippen LogP contribution is -2.34. The first-order chi connectivity index (χ1) is 14.7. The SMILES string of the molecule is CCN(CC)C(=O)c1c[nH]c2ccc(S(=O)(=O)Nc3ccc(C(C)C)cc3)cc2c1=O. The fourth-order valence-corrected chi connectivity index (χ4v) is 4.44. The van der Waals surface area contributed by atoms with Crippen LogP contribution in [0.25, 0.3) is 10.9 Å². The van der Waals surface area contributed by atoms with Crippen LogP contribution in [-0.4, -0.2) is 37.3 Å². The zero-order chi connectivity index (χ0) is 22.8. The lowest BCUT2D eigenvalue weighted by molar-refractivity contribution is 0.0771. The number of carbonyl (C=O) groups is 1. The molecule has 31 heavy (non-hydrogen) atoms. The number of nitrogens with one attached hydrogen (secondary N) is 2. The molecule has 0 fully saturated rings. The first kappa shape index (κ1) is 22.6. The van der Waals surface area contributed by atoms with Gasteiger partial charge in [-0.05, 0) is 55.7 Å². The Hall–Kier alpha value is -3.13. The molecule has 0 radical (unpaired) electrons. The molecule has 0 atom stereocenters. The van der Waals surface area contributed by atoms with E-state index in [1.165, 1.54) is 24.4 Å². The second-order valence-corrected chi connectivity index (χ2v) is 9.28. The van der Waals surface area contributed by atoms with Crippen LogP contribution >= 0.6 is 0 Å². The van der Waals surface area contributed by atoms with E-state index in [1.54, 1.807) is 17.0 Å². The fourth-order valence-electron chi connectivity index (χ4n) is 3.35. The van der Waals surface area contributed by atoms with E-state index < -0.39 is 15.5 Å². The quantitative estimate of drug-likeness (QED) is 0.580. The largest absolute Gasteiger partial charge is 0.360 e. The summed E-state index contributed by atoms with van der Waals surface area (Å²) in [6.07, 6.45) is 1.38. The van der Waals surface area contributed by atoms with Crippen molar-refractivity contribution in [3.63, 3.8) is 0 Å². The number of fused-ring (bicyclic) bond motifs is 1. The van der Waals surface area contributed by atoms with E-state index in [0.29, 0.717) is 30.2 Å². The number of aromatic nitrogens is 1. The molecule has 2 N–H and O–H groups in total. The van der Waals surface area contributed by atoms with Gasteiger partial charge in [-0.2, -0.15) is 0 Å². The van der Waals surface area contributed by atoms with Crippen molar-refractivity contribution >= 4 is 32.5 Å². The van der Waals surface area contributed by atoms with Crippen LogP contribution in [0.4, 0.5) is 5.69 Å². The first-order valence-electron chi connectivity index (χ1n) is 10.3. The van der Waals surface area contributed by atoms with E-state index >= 15 is 0 Å². The third-order valence-electron chi connectivity index (χ3n) is 5.27. The molecule has 0 aliphatic rings. The highest BCUT2D eigenvalue weighted by Gasteiger charge is 2.20. The maximum atomic E-state index is 13.0. The van der Waals surface area contributed by atoms with Crippen LogP contribution in [0.5, 0.6) is 0 Å². The molecule has 0 aliphatic carbocycles. The van der Waals surface area contributed by atoms with E-state index in [-0.39, 0.29) is 21.8 Å². The topological polar surface area (TPSA) is 99.3 Å². The molecule has 7 nitrogen and oxygen atoms in total. The van der Waals surface area contributed by atoms with Crippen LogP contribution in [-0.2, 0) is 10.0 Å². The van der Waals surface area contributed by atoms with Gasteiger partial charge < -0.3 is 9.88 Å². The molecule has 0 saturated carbocycles. The van der Waals surface area contributed by atoms with Crippen molar-refractivity contribution in [3.8, 4) is 0 Å². The second kappa shape index (κ2) is 8.93. The zero-order valence-electron chi connectivity index (χ0n) is 18.1. The minimum Gasteiger partial charge on any atom is -0.360 e. The summed E-state index contributed by atoms with van der Waals surface area (Å²) in [6.45, 7) is 8.74. The monoisotopic (exact) mass is 441 g/mol. The Morgan fingerprint density at radius 2 is 1.71 bits per heavy atom. The Labute approximate surface area is 182 Å². The van der Waals surface area contributed by atoms with Crippen molar-refractivity contribution in [2.24, 2.45) is 0 Å². The molecule has 0 unspecified atom stereocenters. The Morgan fingerprint density at radius 1 is 1.06 bits per heavy atom. The average Bonchev–Trinajstić information content (AvgIpc) is 2.74. The van der Waals surface area contributed by atoms with Gasteiger partial charge in [0.25, 0.3) is 15.9 Å². The number of carbonyl (C=O) groups excluding carboxylic acids is 1. The molecule has 0 aliphatic heterocycles. The Kier molecular flexibility index (Phi) is 6.50. The van der Waals surface area contributed by atoms with Crippen molar-refractivity contribution in [2.45, 2.75) is 38.5 Å². The van der Waals surface area contributed by atoms with Crippen molar-refractivity contribution in [1.29, 1.82) is 0 Å². The number of sulfonamides is 1. The standard InChI is InChI=1S/C23H27N3O4S/c1-5-26(6-2)23(28)20-14-24-21-12-11-18(13-19(21)22(20)27)31(29,30)25-17-9-7-16(8-10-17)15(3)4/h7-15,25H,5-6H2,1-4H3,(H,24,27). The number of aromatic amines is 1. The van der Waals surface area contributed by atoms with Crippen LogP contribution in [0.15, 0.2) is 58.4 Å². The van der Waals surface area contributed by atoms with E-state index in [9.17, 15) is 18.0 Å². The van der Waals surface area contributed by atoms with Gasteiger partial charge in [-0.3, -0.25) is 14.3 Å². The van der Waals surface area contributed by atoms with Gasteiger partial charge in [-0.15, -0.1) is 0 Å². The maximum absolute atomic E-state index is 13.0. The van der Waals surface area contributed by atoms with Gasteiger partial charge in [-0.1, -0.05) is 26.0 Å². The molecule has 3 aromatic rings. The molecule has 0 spiro atoms. The summed E-state index contributed by atoms with van der Waals surface area (Å²) in [4.78, 5) is 30.0. The summed E-state index contributed by atoms with van der Waals surface area (Å²) < 4.78 is 28.3. The molecule has 0 saturated heterocycles. The highest BCUT2D eigenvalue weighted by molar-refractivity contribution is 7.92. The third-order valence-corrected chi connectivity index (χ3v) is 6.65. The van der Waals surface area contributed by atoms with Crippen molar-refractivity contribution in [3.05, 3.63) is 70.0 Å². The first-order valence-corrected chi connectivity index (χ1v) is 11.7. The number of hydrogen-bond acceptors (Lipinski definition) is 4. The smallest absolute Gasteiger partial charge is 0.261 e. The highest BCUT2D eigenvalue weighted by Crippen LogP contribution is 2.22. The molecule has 3 rings (SSSR count). The minimum atomic E-state index is -3.91. The van der Waals surface area contributed by atoms with Gasteiger partial charge in [0.05, 0.1) is 4.90 Å². The van der Waals surface area contributed by atoms with Crippen molar-refractivity contribution in [1.82, 2.24) is 9.88 Å². The molecule has 1 heterocycles. The van der Waals surface area contributed by atoms with Crippen LogP contribution in [0.3, 0.4) is 0 Å². The van der Waals surface area contributed by atoms with E-state index in [0.717, 1.165) is 5.56 Å². The van der Waals surface area contributed by atoms with Crippen LogP contribution < -0.4 is 10.2 Å². The summed E-state index contributed by atoms with van der Waals surface area (Å²) in [5, 5.41) is 0.149. The number of pyridine rings is 1. The Balaban J connectivity index is 1.99. The predicted molar refractivity (Wildman–Crippen MR) is 123 cm³/mol. The number of amides is 1. The average molecular weight is 442 g/mol. The van der Waals surface area contributed by atoms with Gasteiger partial charge in [0.2, 0.25) is 5.43 Å². The van der Waals surface area contributed by atoms with E-state index in [1.807, 2.05) is 26.0 Å². The Bertz CT molecular complexity index is 1260. The molecule has 1 amide bonds. The van der Waals surface area contributed by atoms with Crippen LogP contribution in [0.1, 0.15) is 49.5 Å². The molecular weight excluding hydrogens is 414 g/mol. The minimum absolute atomic E-state index is 0.0111. The van der Waals surface area contributed by atoms with Crippen molar-refractivity contribution < 1.29 is 13.2 Å². The van der Waals surface area contributed by atoms with Gasteiger partial charge in [0.15, 0.2) is 0 Å². The fraction of sp³-hybridized carbons (Fsp3) is 0.304. The molecular formula is C23H27N3O4S. The number of hydrogen-bond donors (Lipinski definition) is 2. The van der Waals surface area contributed by atoms with Gasteiger partial charge in [0.1, 0.15) is 5.56 Å². The number of nitrogens with zero attached hydrogens (tertiary/aromatic N) is 1. The second-order valence-electron chi connectivity index (χ2n) is 7.60. The molecule has 2 aromatic carbocycles. The zero-order valence-corrected chi connectivity index (χ0v) is 18.9. The number of rotatable bonds is 7. The molecule has 8 heteroatoms.